The van der Waals surface area contributed by atoms with Crippen molar-refractivity contribution < 1.29 is 4.74 Å². The predicted octanol–water partition coefficient (Wildman–Crippen LogP) is 1.70. The highest BCUT2D eigenvalue weighted by Gasteiger charge is 2.08. The normalized spacial score (nSPS) is 14.3. The van der Waals surface area contributed by atoms with Crippen LogP contribution >= 0.6 is 0 Å². The maximum Gasteiger partial charge on any atom is 0.191 e. The number of ether oxygens (including phenoxy) is 1. The van der Waals surface area contributed by atoms with Crippen LogP contribution in [0, 0.1) is 0 Å². The Morgan fingerprint density at radius 3 is 2.77 bits per heavy atom. The van der Waals surface area contributed by atoms with Crippen LogP contribution < -0.4 is 15.5 Å². The van der Waals surface area contributed by atoms with E-state index >= 15 is 0 Å². The molecular formula is C20H33N5O. The molecule has 0 amide bonds. The van der Waals surface area contributed by atoms with Crippen molar-refractivity contribution in [1.82, 2.24) is 15.5 Å². The largest absolute Gasteiger partial charge is 0.385 e. The van der Waals surface area contributed by atoms with E-state index in [-0.39, 0.29) is 0 Å². The van der Waals surface area contributed by atoms with Crippen molar-refractivity contribution in [3.05, 3.63) is 42.0 Å². The minimum absolute atomic E-state index is 0.762. The highest BCUT2D eigenvalue weighted by Crippen LogP contribution is 2.18. The zero-order chi connectivity index (χ0) is 18.6. The van der Waals surface area contributed by atoms with Gasteiger partial charge in [-0.2, -0.15) is 0 Å². The first-order valence-electron chi connectivity index (χ1n) is 9.34. The lowest BCUT2D eigenvalue weighted by Crippen LogP contribution is -2.40. The van der Waals surface area contributed by atoms with Gasteiger partial charge in [-0.1, -0.05) is 24.3 Å². The number of guanidine groups is 1. The first-order chi connectivity index (χ1) is 12.7. The number of aliphatic imine (C=N–C) groups is 1. The summed E-state index contributed by atoms with van der Waals surface area (Å²) in [6.45, 7) is 6.45. The van der Waals surface area contributed by atoms with Gasteiger partial charge in [-0.05, 0) is 31.2 Å². The van der Waals surface area contributed by atoms with Gasteiger partial charge in [0.15, 0.2) is 5.96 Å². The van der Waals surface area contributed by atoms with Crippen molar-refractivity contribution in [3.63, 3.8) is 0 Å². The second-order valence-electron chi connectivity index (χ2n) is 6.55. The SMILES string of the molecule is CN=C(NCCN(C)CCCOC)NCc1cccc(N2CC=CC2)c1. The number of hydrogen-bond donors (Lipinski definition) is 2. The number of anilines is 1. The third kappa shape index (κ3) is 7.06. The number of hydrogen-bond acceptors (Lipinski definition) is 4. The molecule has 0 spiro atoms. The molecule has 144 valence electrons. The first-order valence-corrected chi connectivity index (χ1v) is 9.34. The number of methoxy groups -OCH3 is 1. The molecule has 1 heterocycles. The minimum Gasteiger partial charge on any atom is -0.385 e. The van der Waals surface area contributed by atoms with Crippen LogP contribution in [0.5, 0.6) is 0 Å². The molecule has 0 saturated carbocycles. The van der Waals surface area contributed by atoms with E-state index in [1.807, 2.05) is 7.05 Å². The fraction of sp³-hybridized carbons (Fsp3) is 0.550. The van der Waals surface area contributed by atoms with E-state index in [2.05, 4.69) is 68.9 Å². The molecule has 0 aliphatic carbocycles. The topological polar surface area (TPSA) is 52.1 Å². The molecule has 26 heavy (non-hydrogen) atoms. The Labute approximate surface area is 157 Å². The molecule has 0 fully saturated rings. The van der Waals surface area contributed by atoms with Crippen molar-refractivity contribution in [2.45, 2.75) is 13.0 Å². The summed E-state index contributed by atoms with van der Waals surface area (Å²) in [4.78, 5) is 8.97. The molecule has 0 bridgehead atoms. The van der Waals surface area contributed by atoms with Crippen LogP contribution in [0.25, 0.3) is 0 Å². The number of rotatable bonds is 10. The lowest BCUT2D eigenvalue weighted by atomic mass is 10.2. The molecule has 0 radical (unpaired) electrons. The van der Waals surface area contributed by atoms with Crippen LogP contribution in [-0.2, 0) is 11.3 Å². The molecule has 2 rings (SSSR count). The highest BCUT2D eigenvalue weighted by atomic mass is 16.5. The maximum atomic E-state index is 5.09. The smallest absolute Gasteiger partial charge is 0.191 e. The maximum absolute atomic E-state index is 5.09. The van der Waals surface area contributed by atoms with Crippen LogP contribution in [-0.4, -0.2) is 71.4 Å². The lowest BCUT2D eigenvalue weighted by molar-refractivity contribution is 0.180. The van der Waals surface area contributed by atoms with Crippen LogP contribution in [0.1, 0.15) is 12.0 Å². The van der Waals surface area contributed by atoms with Crippen molar-refractivity contribution in [2.24, 2.45) is 4.99 Å². The van der Waals surface area contributed by atoms with E-state index < -0.39 is 0 Å². The van der Waals surface area contributed by atoms with Gasteiger partial charge in [0.05, 0.1) is 0 Å². The summed E-state index contributed by atoms with van der Waals surface area (Å²) < 4.78 is 5.09. The van der Waals surface area contributed by atoms with E-state index in [4.69, 9.17) is 4.74 Å². The van der Waals surface area contributed by atoms with E-state index in [1.165, 1.54) is 11.3 Å². The van der Waals surface area contributed by atoms with Crippen molar-refractivity contribution in [3.8, 4) is 0 Å². The average molecular weight is 360 g/mol. The third-order valence-electron chi connectivity index (χ3n) is 4.45. The second kappa shape index (κ2) is 11.5. The molecule has 0 saturated heterocycles. The van der Waals surface area contributed by atoms with E-state index in [0.717, 1.165) is 58.3 Å². The predicted molar refractivity (Wildman–Crippen MR) is 110 cm³/mol. The second-order valence-corrected chi connectivity index (χ2v) is 6.55. The van der Waals surface area contributed by atoms with Gasteiger partial charge in [-0.15, -0.1) is 0 Å². The highest BCUT2D eigenvalue weighted by molar-refractivity contribution is 5.79. The van der Waals surface area contributed by atoms with Crippen molar-refractivity contribution >= 4 is 11.6 Å². The van der Waals surface area contributed by atoms with Gasteiger partial charge in [-0.3, -0.25) is 4.99 Å². The quantitative estimate of drug-likeness (QED) is 0.288. The van der Waals surface area contributed by atoms with E-state index in [0.29, 0.717) is 0 Å². The Kier molecular flexibility index (Phi) is 9.00. The van der Waals surface area contributed by atoms with Gasteiger partial charge in [0, 0.05) is 65.7 Å². The van der Waals surface area contributed by atoms with Gasteiger partial charge in [-0.25, -0.2) is 0 Å². The van der Waals surface area contributed by atoms with Crippen LogP contribution in [0.15, 0.2) is 41.4 Å². The summed E-state index contributed by atoms with van der Waals surface area (Å²) in [5.41, 5.74) is 2.53. The van der Waals surface area contributed by atoms with E-state index in [1.54, 1.807) is 7.11 Å². The molecule has 0 aromatic heterocycles. The Morgan fingerprint density at radius 1 is 1.23 bits per heavy atom. The van der Waals surface area contributed by atoms with Gasteiger partial charge in [0.2, 0.25) is 0 Å². The van der Waals surface area contributed by atoms with Crippen molar-refractivity contribution in [1.29, 1.82) is 0 Å². The standard InChI is InChI=1S/C20H33N5O/c1-21-20(22-10-14-24(2)11-7-15-26-3)23-17-18-8-6-9-19(16-18)25-12-4-5-13-25/h4-6,8-9,16H,7,10-15,17H2,1-3H3,(H2,21,22,23). The lowest BCUT2D eigenvalue weighted by Gasteiger charge is -2.19. The van der Waals surface area contributed by atoms with Crippen LogP contribution in [0.3, 0.4) is 0 Å². The Bertz CT molecular complexity index is 579. The zero-order valence-electron chi connectivity index (χ0n) is 16.4. The number of nitrogens with one attached hydrogen (secondary N) is 2. The summed E-state index contributed by atoms with van der Waals surface area (Å²) >= 11 is 0. The molecule has 6 nitrogen and oxygen atoms in total. The fourth-order valence-corrected chi connectivity index (χ4v) is 2.91. The average Bonchev–Trinajstić information content (AvgIpc) is 3.20. The number of nitrogens with zero attached hydrogens (tertiary/aromatic N) is 3. The summed E-state index contributed by atoms with van der Waals surface area (Å²) in [5, 5.41) is 6.77. The summed E-state index contributed by atoms with van der Waals surface area (Å²) in [6, 6.07) is 8.69. The molecule has 6 heteroatoms. The van der Waals surface area contributed by atoms with Crippen molar-refractivity contribution in [2.75, 3.05) is 65.4 Å². The third-order valence-corrected chi connectivity index (χ3v) is 4.45. The van der Waals surface area contributed by atoms with Crippen LogP contribution in [0.4, 0.5) is 5.69 Å². The number of benzene rings is 1. The van der Waals surface area contributed by atoms with Gasteiger partial charge in [0.25, 0.3) is 0 Å². The zero-order valence-corrected chi connectivity index (χ0v) is 16.4. The molecular weight excluding hydrogens is 326 g/mol. The summed E-state index contributed by atoms with van der Waals surface area (Å²) in [6.07, 6.45) is 5.48. The molecule has 1 aliphatic heterocycles. The molecule has 2 N–H and O–H groups in total. The van der Waals surface area contributed by atoms with E-state index in [9.17, 15) is 0 Å². The fourth-order valence-electron chi connectivity index (χ4n) is 2.91. The molecule has 1 aromatic carbocycles. The molecule has 0 atom stereocenters. The number of likely N-dealkylation sites (N-methyl/N-ethyl adjacent to an activating group) is 1. The monoisotopic (exact) mass is 359 g/mol. The molecule has 1 aromatic rings. The first kappa shape index (κ1) is 20.3. The summed E-state index contributed by atoms with van der Waals surface area (Å²) in [7, 11) is 5.69. The Morgan fingerprint density at radius 2 is 2.04 bits per heavy atom. The minimum atomic E-state index is 0.762. The van der Waals surface area contributed by atoms with Gasteiger partial charge < -0.3 is 25.2 Å². The summed E-state index contributed by atoms with van der Waals surface area (Å²) in [5.74, 6) is 0.837. The van der Waals surface area contributed by atoms with Crippen LogP contribution in [0.2, 0.25) is 0 Å². The Balaban J connectivity index is 1.70. The van der Waals surface area contributed by atoms with Gasteiger partial charge in [0.1, 0.15) is 0 Å². The Hall–Kier alpha value is -2.05. The molecule has 1 aliphatic rings. The van der Waals surface area contributed by atoms with Gasteiger partial charge >= 0.3 is 0 Å². The molecule has 0 unspecified atom stereocenters.